The summed E-state index contributed by atoms with van der Waals surface area (Å²) in [6, 6.07) is 0. The molecule has 0 unspecified atom stereocenters. The molecular weight excluding hydrogens is 399 g/mol. The molecule has 0 saturated heterocycles. The van der Waals surface area contributed by atoms with Crippen LogP contribution in [0.25, 0.3) is 0 Å². The Labute approximate surface area is 102 Å². The summed E-state index contributed by atoms with van der Waals surface area (Å²) < 4.78 is 43.6. The minimum absolute atomic E-state index is 1.35. The SMILES string of the molecule is O=S(=O)(OS(=O)(=O)C(Br)Br)C(Cl)Cl. The molecule has 0 N–H and O–H groups in total. The van der Waals surface area contributed by atoms with Crippen LogP contribution in [-0.2, 0) is 23.9 Å². The van der Waals surface area contributed by atoms with Crippen LogP contribution in [0.4, 0.5) is 0 Å². The van der Waals surface area contributed by atoms with E-state index in [0.29, 0.717) is 0 Å². The van der Waals surface area contributed by atoms with E-state index < -0.39 is 27.5 Å². The molecule has 0 fully saturated rings. The highest BCUT2D eigenvalue weighted by atomic mass is 79.9. The van der Waals surface area contributed by atoms with Crippen LogP contribution in [0.5, 0.6) is 0 Å². The topological polar surface area (TPSA) is 77.5 Å². The summed E-state index contributed by atoms with van der Waals surface area (Å²) in [5.74, 6) is 0. The van der Waals surface area contributed by atoms with Crippen molar-refractivity contribution < 1.29 is 20.5 Å². The fourth-order valence-electron chi connectivity index (χ4n) is 0.192. The molecule has 0 aliphatic heterocycles. The molecule has 0 aliphatic rings. The molecule has 0 aromatic carbocycles. The molecule has 0 aromatic heterocycles. The van der Waals surface area contributed by atoms with Gasteiger partial charge in [-0.15, -0.1) is 3.63 Å². The predicted octanol–water partition coefficient (Wildman–Crippen LogP) is 1.50. The Balaban J connectivity index is 4.86. The number of halogens is 4. The van der Waals surface area contributed by atoms with Gasteiger partial charge in [0.2, 0.25) is 4.17 Å². The fourth-order valence-corrected chi connectivity index (χ4v) is 3.38. The van der Waals surface area contributed by atoms with Gasteiger partial charge in [-0.2, -0.15) is 16.8 Å². The molecule has 0 radical (unpaired) electrons. The van der Waals surface area contributed by atoms with Crippen molar-refractivity contribution >= 4 is 75.3 Å². The Morgan fingerprint density at radius 2 is 1.38 bits per heavy atom. The van der Waals surface area contributed by atoms with Crippen molar-refractivity contribution in [2.24, 2.45) is 0 Å². The van der Waals surface area contributed by atoms with E-state index in [0.717, 1.165) is 0 Å². The predicted molar refractivity (Wildman–Crippen MR) is 56.1 cm³/mol. The molecule has 0 bridgehead atoms. The third-order valence-corrected chi connectivity index (χ3v) is 7.07. The van der Waals surface area contributed by atoms with E-state index in [9.17, 15) is 16.8 Å². The zero-order chi connectivity index (χ0) is 10.9. The summed E-state index contributed by atoms with van der Waals surface area (Å²) >= 11 is 15.0. The molecule has 11 heteroatoms. The third-order valence-electron chi connectivity index (χ3n) is 0.626. The largest absolute Gasteiger partial charge is 0.313 e. The van der Waals surface area contributed by atoms with Gasteiger partial charge in [-0.3, -0.25) is 0 Å². The van der Waals surface area contributed by atoms with Crippen LogP contribution in [0.15, 0.2) is 0 Å². The molecule has 80 valence electrons. The third kappa shape index (κ3) is 4.63. The van der Waals surface area contributed by atoms with Gasteiger partial charge < -0.3 is 0 Å². The summed E-state index contributed by atoms with van der Waals surface area (Å²) in [4.78, 5) is 0. The second kappa shape index (κ2) is 4.95. The average molecular weight is 401 g/mol. The van der Waals surface area contributed by atoms with Crippen molar-refractivity contribution in [3.63, 3.8) is 0 Å². The van der Waals surface area contributed by atoms with Crippen LogP contribution < -0.4 is 0 Å². The van der Waals surface area contributed by atoms with Gasteiger partial charge in [0.1, 0.15) is 0 Å². The molecule has 13 heavy (non-hydrogen) atoms. The van der Waals surface area contributed by atoms with Gasteiger partial charge >= 0.3 is 20.2 Å². The second-order valence-corrected chi connectivity index (χ2v) is 10.9. The number of alkyl halides is 4. The van der Waals surface area contributed by atoms with Crippen LogP contribution in [0, 0.1) is 0 Å². The zero-order valence-electron chi connectivity index (χ0n) is 5.52. The van der Waals surface area contributed by atoms with Crippen LogP contribution in [-0.4, -0.2) is 24.1 Å². The molecule has 0 aromatic rings. The maximum Gasteiger partial charge on any atom is 0.313 e. The Morgan fingerprint density at radius 1 is 1.00 bits per heavy atom. The smallest absolute Gasteiger partial charge is 0.196 e. The van der Waals surface area contributed by atoms with Gasteiger partial charge in [-0.1, -0.05) is 55.1 Å². The highest BCUT2D eigenvalue weighted by molar-refractivity contribution is 9.27. The normalized spacial score (nSPS) is 14.0. The van der Waals surface area contributed by atoms with Crippen molar-refractivity contribution in [1.29, 1.82) is 0 Å². The molecule has 0 atom stereocenters. The van der Waals surface area contributed by atoms with Crippen LogP contribution in [0.1, 0.15) is 0 Å². The van der Waals surface area contributed by atoms with Crippen molar-refractivity contribution in [1.82, 2.24) is 0 Å². The number of hydrogen-bond acceptors (Lipinski definition) is 5. The standard InChI is InChI=1S/C2H2Br2Cl2O5S2/c3-1(4)12(7,8)11-13(9,10)2(5)6/h1-2H. The zero-order valence-corrected chi connectivity index (χ0v) is 11.8. The molecule has 0 heterocycles. The molecule has 0 rings (SSSR count). The Kier molecular flexibility index (Phi) is 5.48. The maximum absolute atomic E-state index is 10.8. The van der Waals surface area contributed by atoms with E-state index in [1.54, 1.807) is 0 Å². The molecule has 0 saturated carbocycles. The van der Waals surface area contributed by atoms with Crippen LogP contribution in [0.3, 0.4) is 0 Å². The second-order valence-electron chi connectivity index (χ2n) is 1.57. The number of hydrogen-bond donors (Lipinski definition) is 0. The minimum Gasteiger partial charge on any atom is -0.196 e. The molecular formula is C2H2Br2Cl2O5S2. The van der Waals surface area contributed by atoms with Crippen molar-refractivity contribution in [3.05, 3.63) is 0 Å². The molecule has 0 aliphatic carbocycles. The number of rotatable bonds is 4. The van der Waals surface area contributed by atoms with Crippen molar-refractivity contribution in [2.45, 2.75) is 7.24 Å². The van der Waals surface area contributed by atoms with Gasteiger partial charge in [0.05, 0.1) is 0 Å². The van der Waals surface area contributed by atoms with E-state index in [1.165, 1.54) is 0 Å². The van der Waals surface area contributed by atoms with E-state index in [1.807, 2.05) is 0 Å². The fraction of sp³-hybridized carbons (Fsp3) is 1.00. The first-order chi connectivity index (χ1) is 5.59. The van der Waals surface area contributed by atoms with E-state index in [-0.39, 0.29) is 0 Å². The molecule has 0 amide bonds. The van der Waals surface area contributed by atoms with Gasteiger partial charge in [0, 0.05) is 0 Å². The van der Waals surface area contributed by atoms with Crippen molar-refractivity contribution in [3.8, 4) is 0 Å². The van der Waals surface area contributed by atoms with E-state index >= 15 is 0 Å². The maximum atomic E-state index is 10.8. The first kappa shape index (κ1) is 14.4. The van der Waals surface area contributed by atoms with Crippen molar-refractivity contribution in [2.75, 3.05) is 0 Å². The molecule has 0 spiro atoms. The quantitative estimate of drug-likeness (QED) is 0.668. The molecule has 5 nitrogen and oxygen atoms in total. The minimum atomic E-state index is -4.52. The average Bonchev–Trinajstić information content (AvgIpc) is 1.83. The highest BCUT2D eigenvalue weighted by Crippen LogP contribution is 2.23. The summed E-state index contributed by atoms with van der Waals surface area (Å²) in [7, 11) is -8.84. The van der Waals surface area contributed by atoms with Gasteiger partial charge in [0.15, 0.2) is 3.07 Å². The summed E-state index contributed by atoms with van der Waals surface area (Å²) in [5.41, 5.74) is 0. The lowest BCUT2D eigenvalue weighted by Crippen LogP contribution is -2.21. The lowest BCUT2D eigenvalue weighted by molar-refractivity contribution is 0.466. The highest BCUT2D eigenvalue weighted by Gasteiger charge is 2.32. The lowest BCUT2D eigenvalue weighted by Gasteiger charge is -2.06. The Hall–Kier alpha value is 1.40. The van der Waals surface area contributed by atoms with Gasteiger partial charge in [0.25, 0.3) is 0 Å². The van der Waals surface area contributed by atoms with Crippen LogP contribution >= 0.6 is 55.1 Å². The first-order valence-corrected chi connectivity index (χ1v) is 7.99. The summed E-state index contributed by atoms with van der Waals surface area (Å²) in [5, 5.41) is 0. The Bertz CT molecular complexity index is 322. The summed E-state index contributed by atoms with van der Waals surface area (Å²) in [6.07, 6.45) is 0. The van der Waals surface area contributed by atoms with Gasteiger partial charge in [-0.05, 0) is 0 Å². The first-order valence-electron chi connectivity index (χ1n) is 2.34. The summed E-state index contributed by atoms with van der Waals surface area (Å²) in [6.45, 7) is 0. The van der Waals surface area contributed by atoms with E-state index in [4.69, 9.17) is 23.2 Å². The Morgan fingerprint density at radius 3 is 1.62 bits per heavy atom. The lowest BCUT2D eigenvalue weighted by atomic mass is 11.9. The van der Waals surface area contributed by atoms with Gasteiger partial charge in [-0.25, -0.2) is 0 Å². The van der Waals surface area contributed by atoms with E-state index in [2.05, 4.69) is 35.5 Å². The monoisotopic (exact) mass is 398 g/mol. The van der Waals surface area contributed by atoms with Crippen LogP contribution in [0.2, 0.25) is 0 Å².